The molecule has 0 unspecified atom stereocenters. The molecule has 0 aliphatic carbocycles. The number of ether oxygens (including phenoxy) is 2. The average Bonchev–Trinajstić information content (AvgIpc) is 3.15. The van der Waals surface area contributed by atoms with Gasteiger partial charge in [-0.2, -0.15) is 13.8 Å². The van der Waals surface area contributed by atoms with Gasteiger partial charge in [-0.15, -0.1) is 4.39 Å². The standard InChI is InChI=1S/C23H16F3N3O3/c1-31-17-10-7-14(8-11-17)19-21(28-23(26)32-22(24)25)27-18-12-9-16(13-29(18)19)20(30)15-5-3-2-4-6-15/h2-13,22H,1H3/b28-23-. The monoisotopic (exact) mass is 439 g/mol. The van der Waals surface area contributed by atoms with Gasteiger partial charge >= 0.3 is 12.8 Å². The molecule has 4 aromatic rings. The van der Waals surface area contributed by atoms with Crippen LogP contribution >= 0.6 is 0 Å². The lowest BCUT2D eigenvalue weighted by Gasteiger charge is -2.07. The Labute approximate surface area is 180 Å². The first-order valence-corrected chi connectivity index (χ1v) is 9.41. The molecule has 0 spiro atoms. The van der Waals surface area contributed by atoms with Crippen LogP contribution in [0.25, 0.3) is 16.9 Å². The van der Waals surface area contributed by atoms with Crippen molar-refractivity contribution in [3.05, 3.63) is 84.1 Å². The van der Waals surface area contributed by atoms with Crippen LogP contribution in [-0.2, 0) is 4.74 Å². The molecule has 2 aromatic carbocycles. The molecule has 0 amide bonds. The maximum absolute atomic E-state index is 13.8. The maximum Gasteiger partial charge on any atom is 0.390 e. The van der Waals surface area contributed by atoms with Crippen molar-refractivity contribution in [1.29, 1.82) is 0 Å². The molecule has 0 fully saturated rings. The van der Waals surface area contributed by atoms with Crippen LogP contribution in [-0.4, -0.2) is 35.0 Å². The molecule has 0 aliphatic heterocycles. The summed E-state index contributed by atoms with van der Waals surface area (Å²) in [6, 6.07) is 18.5. The highest BCUT2D eigenvalue weighted by Gasteiger charge is 2.19. The largest absolute Gasteiger partial charge is 0.497 e. The molecule has 0 radical (unpaired) electrons. The maximum atomic E-state index is 13.8. The molecule has 0 bridgehead atoms. The SMILES string of the molecule is COc1ccc(-c2c(/N=C(/F)OC(F)F)nc3ccc(C(=O)c4ccccc4)cn23)cc1. The van der Waals surface area contributed by atoms with Crippen LogP contribution in [0.3, 0.4) is 0 Å². The van der Waals surface area contributed by atoms with Crippen molar-refractivity contribution in [3.8, 4) is 17.0 Å². The van der Waals surface area contributed by atoms with Crippen LogP contribution in [0.1, 0.15) is 15.9 Å². The van der Waals surface area contributed by atoms with Crippen molar-refractivity contribution in [2.45, 2.75) is 6.61 Å². The van der Waals surface area contributed by atoms with E-state index >= 15 is 0 Å². The van der Waals surface area contributed by atoms with Gasteiger partial charge in [0.15, 0.2) is 11.6 Å². The lowest BCUT2D eigenvalue weighted by atomic mass is 10.1. The number of carbonyl (C=O) groups excluding carboxylic acids is 1. The van der Waals surface area contributed by atoms with Crippen molar-refractivity contribution in [3.63, 3.8) is 0 Å². The molecule has 0 atom stereocenters. The Morgan fingerprint density at radius 1 is 1.00 bits per heavy atom. The Bertz CT molecular complexity index is 1290. The Kier molecular flexibility index (Phi) is 5.89. The highest BCUT2D eigenvalue weighted by molar-refractivity contribution is 6.09. The first kappa shape index (κ1) is 21.1. The minimum atomic E-state index is -3.37. The number of aliphatic imine (C=N–C) groups is 1. The summed E-state index contributed by atoms with van der Waals surface area (Å²) in [5.41, 5.74) is 2.02. The minimum absolute atomic E-state index is 0.183. The molecule has 0 aliphatic rings. The molecule has 2 aromatic heterocycles. The predicted octanol–water partition coefficient (Wildman–Crippen LogP) is 5.44. The van der Waals surface area contributed by atoms with Crippen molar-refractivity contribution in [2.24, 2.45) is 4.99 Å². The van der Waals surface area contributed by atoms with E-state index in [-0.39, 0.29) is 11.6 Å². The van der Waals surface area contributed by atoms with Gasteiger partial charge in [-0.05, 0) is 36.4 Å². The zero-order valence-electron chi connectivity index (χ0n) is 16.7. The molecule has 0 saturated heterocycles. The van der Waals surface area contributed by atoms with Crippen LogP contribution in [0.4, 0.5) is 19.0 Å². The third-order valence-corrected chi connectivity index (χ3v) is 4.64. The molecule has 162 valence electrons. The third-order valence-electron chi connectivity index (χ3n) is 4.64. The Morgan fingerprint density at radius 2 is 1.72 bits per heavy atom. The molecular weight excluding hydrogens is 423 g/mol. The van der Waals surface area contributed by atoms with E-state index < -0.39 is 12.8 Å². The van der Waals surface area contributed by atoms with E-state index in [0.717, 1.165) is 0 Å². The first-order chi connectivity index (χ1) is 15.5. The number of benzene rings is 2. The second-order valence-corrected chi connectivity index (χ2v) is 6.60. The lowest BCUT2D eigenvalue weighted by molar-refractivity contribution is -0.0688. The second kappa shape index (κ2) is 8.93. The van der Waals surface area contributed by atoms with E-state index in [9.17, 15) is 18.0 Å². The highest BCUT2D eigenvalue weighted by Crippen LogP contribution is 2.33. The smallest absolute Gasteiger partial charge is 0.390 e. The fourth-order valence-electron chi connectivity index (χ4n) is 3.20. The minimum Gasteiger partial charge on any atom is -0.497 e. The molecule has 9 heteroatoms. The number of alkyl halides is 2. The summed E-state index contributed by atoms with van der Waals surface area (Å²) in [6.07, 6.45) is -0.180. The molecule has 6 nitrogen and oxygen atoms in total. The van der Waals surface area contributed by atoms with Crippen LogP contribution in [0.5, 0.6) is 5.75 Å². The van der Waals surface area contributed by atoms with E-state index in [2.05, 4.69) is 14.7 Å². The van der Waals surface area contributed by atoms with Gasteiger partial charge < -0.3 is 9.47 Å². The number of methoxy groups -OCH3 is 1. The molecule has 4 rings (SSSR count). The molecule has 32 heavy (non-hydrogen) atoms. The molecule has 2 heterocycles. The zero-order chi connectivity index (χ0) is 22.7. The van der Waals surface area contributed by atoms with E-state index in [1.165, 1.54) is 7.11 Å². The number of nitrogens with zero attached hydrogens (tertiary/aromatic N) is 3. The fraction of sp³-hybridized carbons (Fsp3) is 0.0870. The average molecular weight is 439 g/mol. The molecule has 0 saturated carbocycles. The molecule has 0 N–H and O–H groups in total. The number of halogens is 3. The van der Waals surface area contributed by atoms with Gasteiger partial charge in [0.2, 0.25) is 0 Å². The number of rotatable bonds is 6. The summed E-state index contributed by atoms with van der Waals surface area (Å²) in [5.74, 6) is 0.177. The highest BCUT2D eigenvalue weighted by atomic mass is 19.3. The topological polar surface area (TPSA) is 65.2 Å². The summed E-state index contributed by atoms with van der Waals surface area (Å²) in [4.78, 5) is 20.6. The first-order valence-electron chi connectivity index (χ1n) is 9.41. The summed E-state index contributed by atoms with van der Waals surface area (Å²) in [7, 11) is 1.51. The van der Waals surface area contributed by atoms with E-state index in [4.69, 9.17) is 4.74 Å². The summed E-state index contributed by atoms with van der Waals surface area (Å²) in [6.45, 7) is -3.37. The van der Waals surface area contributed by atoms with Crippen LogP contribution in [0.15, 0.2) is 77.9 Å². The number of carbonyl (C=O) groups is 1. The quantitative estimate of drug-likeness (QED) is 0.228. The van der Waals surface area contributed by atoms with E-state index in [1.807, 2.05) is 0 Å². The molecular formula is C23H16F3N3O3. The normalized spacial score (nSPS) is 11.7. The van der Waals surface area contributed by atoms with Gasteiger partial charge in [0.1, 0.15) is 11.4 Å². The number of hydrogen-bond donors (Lipinski definition) is 0. The van der Waals surface area contributed by atoms with Gasteiger partial charge in [-0.25, -0.2) is 4.98 Å². The lowest BCUT2D eigenvalue weighted by Crippen LogP contribution is -2.04. The van der Waals surface area contributed by atoms with E-state index in [0.29, 0.717) is 33.8 Å². The number of hydrogen-bond acceptors (Lipinski definition) is 5. The van der Waals surface area contributed by atoms with Gasteiger partial charge in [-0.3, -0.25) is 9.20 Å². The fourth-order valence-corrected chi connectivity index (χ4v) is 3.20. The summed E-state index contributed by atoms with van der Waals surface area (Å²) >= 11 is 0. The summed E-state index contributed by atoms with van der Waals surface area (Å²) in [5, 5.41) is 0. The number of imidazole rings is 1. The van der Waals surface area contributed by atoms with Crippen LogP contribution < -0.4 is 4.74 Å². The Hall–Kier alpha value is -4.14. The van der Waals surface area contributed by atoms with Gasteiger partial charge in [0, 0.05) is 22.9 Å². The van der Waals surface area contributed by atoms with Gasteiger partial charge in [0.25, 0.3) is 0 Å². The Balaban J connectivity index is 1.88. The van der Waals surface area contributed by atoms with Gasteiger partial charge in [0.05, 0.1) is 12.8 Å². The second-order valence-electron chi connectivity index (χ2n) is 6.60. The summed E-state index contributed by atoms with van der Waals surface area (Å²) < 4.78 is 49.0. The van der Waals surface area contributed by atoms with Crippen molar-refractivity contribution < 1.29 is 27.4 Å². The van der Waals surface area contributed by atoms with Gasteiger partial charge in [-0.1, -0.05) is 30.3 Å². The zero-order valence-corrected chi connectivity index (χ0v) is 16.7. The van der Waals surface area contributed by atoms with Crippen molar-refractivity contribution in [2.75, 3.05) is 7.11 Å². The van der Waals surface area contributed by atoms with E-state index in [1.54, 1.807) is 77.3 Å². The van der Waals surface area contributed by atoms with Crippen molar-refractivity contribution >= 4 is 23.4 Å². The van der Waals surface area contributed by atoms with Crippen LogP contribution in [0, 0.1) is 0 Å². The Morgan fingerprint density at radius 3 is 2.38 bits per heavy atom. The predicted molar refractivity (Wildman–Crippen MR) is 112 cm³/mol. The van der Waals surface area contributed by atoms with Crippen molar-refractivity contribution in [1.82, 2.24) is 9.38 Å². The number of aromatic nitrogens is 2. The van der Waals surface area contributed by atoms with Crippen LogP contribution in [0.2, 0.25) is 0 Å². The third kappa shape index (κ3) is 4.31. The number of ketones is 1. The number of fused-ring (bicyclic) bond motifs is 1. The number of pyridine rings is 1.